The van der Waals surface area contributed by atoms with Gasteiger partial charge >= 0.3 is 0 Å². The monoisotopic (exact) mass is 478 g/mol. The van der Waals surface area contributed by atoms with Gasteiger partial charge in [0.25, 0.3) is 0 Å². The minimum atomic E-state index is 0.113. The lowest BCUT2D eigenvalue weighted by atomic mass is 9.78. The van der Waals surface area contributed by atoms with Crippen molar-refractivity contribution in [3.63, 3.8) is 0 Å². The molecule has 35 heavy (non-hydrogen) atoms. The van der Waals surface area contributed by atoms with Crippen LogP contribution in [-0.4, -0.2) is 14.2 Å². The van der Waals surface area contributed by atoms with Gasteiger partial charge in [-0.05, 0) is 74.3 Å². The minimum absolute atomic E-state index is 0.113. The van der Waals surface area contributed by atoms with E-state index in [1.165, 1.54) is 81.3 Å². The van der Waals surface area contributed by atoms with Crippen molar-refractivity contribution in [1.29, 1.82) is 0 Å². The van der Waals surface area contributed by atoms with Crippen LogP contribution in [0.3, 0.4) is 0 Å². The Balaban J connectivity index is 2.03. The van der Waals surface area contributed by atoms with Crippen LogP contribution in [0.1, 0.15) is 111 Å². The summed E-state index contributed by atoms with van der Waals surface area (Å²) in [6.07, 6.45) is 14.9. The molecule has 194 valence electrons. The van der Waals surface area contributed by atoms with Gasteiger partial charge in [-0.3, -0.25) is 0 Å². The molecule has 0 saturated heterocycles. The molecule has 2 heteroatoms. The van der Waals surface area contributed by atoms with Gasteiger partial charge in [-0.25, -0.2) is 0 Å². The summed E-state index contributed by atoms with van der Waals surface area (Å²) in [4.78, 5) is 0. The minimum Gasteiger partial charge on any atom is -0.496 e. The van der Waals surface area contributed by atoms with E-state index in [2.05, 4.69) is 65.8 Å². The Morgan fingerprint density at radius 1 is 0.714 bits per heavy atom. The zero-order valence-electron chi connectivity index (χ0n) is 23.7. The summed E-state index contributed by atoms with van der Waals surface area (Å²) in [6, 6.07) is 9.13. The lowest BCUT2D eigenvalue weighted by molar-refractivity contribution is 0.391. The quantitative estimate of drug-likeness (QED) is 0.224. The number of hydrogen-bond donors (Lipinski definition) is 0. The van der Waals surface area contributed by atoms with E-state index < -0.39 is 0 Å². The maximum Gasteiger partial charge on any atom is 0.126 e. The second-order valence-electron chi connectivity index (χ2n) is 10.3. The number of ether oxygens (including phenoxy) is 2. The molecule has 2 rings (SSSR count). The molecule has 0 spiro atoms. The van der Waals surface area contributed by atoms with Crippen LogP contribution < -0.4 is 9.47 Å². The Bertz CT molecular complexity index is 879. The second-order valence-corrected chi connectivity index (χ2v) is 10.3. The lowest BCUT2D eigenvalue weighted by Crippen LogP contribution is -2.15. The Morgan fingerprint density at radius 3 is 1.69 bits per heavy atom. The fourth-order valence-corrected chi connectivity index (χ4v) is 5.32. The van der Waals surface area contributed by atoms with E-state index in [-0.39, 0.29) is 5.92 Å². The zero-order chi connectivity index (χ0) is 25.8. The van der Waals surface area contributed by atoms with E-state index in [1.807, 2.05) is 0 Å². The van der Waals surface area contributed by atoms with Gasteiger partial charge in [-0.2, -0.15) is 0 Å². The van der Waals surface area contributed by atoms with Gasteiger partial charge in [-0.1, -0.05) is 95.9 Å². The summed E-state index contributed by atoms with van der Waals surface area (Å²) in [6.45, 7) is 15.2. The van der Waals surface area contributed by atoms with Crippen molar-refractivity contribution in [2.45, 2.75) is 105 Å². The van der Waals surface area contributed by atoms with Gasteiger partial charge in [-0.15, -0.1) is 0 Å². The number of methoxy groups -OCH3 is 2. The van der Waals surface area contributed by atoms with E-state index in [9.17, 15) is 0 Å². The van der Waals surface area contributed by atoms with Crippen LogP contribution in [0.2, 0.25) is 0 Å². The summed E-state index contributed by atoms with van der Waals surface area (Å²) in [7, 11) is 3.51. The third-order valence-electron chi connectivity index (χ3n) is 7.44. The summed E-state index contributed by atoms with van der Waals surface area (Å²) in [5.41, 5.74) is 7.13. The van der Waals surface area contributed by atoms with Gasteiger partial charge in [0.15, 0.2) is 0 Å². The maximum atomic E-state index is 5.93. The standard InChI is InChI=1S/C33H50O2/c1-9-10-11-12-13-14-15-16-17-18-19-28-20-22-29(23-21-28)30(24(2)3)31-27(6)32(34-7)25(4)26(5)33(31)35-8/h20-24H,2,9-19H2,1,3-8H3. The molecule has 0 aliphatic heterocycles. The Morgan fingerprint density at radius 2 is 1.20 bits per heavy atom. The van der Waals surface area contributed by atoms with Crippen molar-refractivity contribution in [2.75, 3.05) is 14.2 Å². The third kappa shape index (κ3) is 8.02. The Hall–Kier alpha value is -1.96. The molecular weight excluding hydrogens is 428 g/mol. The summed E-state index contributed by atoms with van der Waals surface area (Å²) in [5, 5.41) is 0. The molecule has 2 nitrogen and oxygen atoms in total. The molecule has 0 heterocycles. The number of aryl methyl sites for hydroxylation is 1. The van der Waals surface area contributed by atoms with Gasteiger partial charge < -0.3 is 9.47 Å². The zero-order valence-corrected chi connectivity index (χ0v) is 23.7. The molecule has 0 N–H and O–H groups in total. The number of rotatable bonds is 16. The van der Waals surface area contributed by atoms with Crippen molar-refractivity contribution in [1.82, 2.24) is 0 Å². The SMILES string of the molecule is [CH2]C(C)[C](c1ccc(CCCCCCCCCCCC)cc1)c1c(C)c(OC)c(C)c(C)c1OC. The van der Waals surface area contributed by atoms with Crippen LogP contribution in [-0.2, 0) is 6.42 Å². The van der Waals surface area contributed by atoms with Crippen LogP contribution >= 0.6 is 0 Å². The van der Waals surface area contributed by atoms with Crippen LogP contribution in [0.15, 0.2) is 24.3 Å². The first-order valence-corrected chi connectivity index (χ1v) is 13.9. The normalized spacial score (nSPS) is 11.5. The molecule has 0 aliphatic carbocycles. The van der Waals surface area contributed by atoms with Crippen LogP contribution in [0.4, 0.5) is 0 Å². The third-order valence-corrected chi connectivity index (χ3v) is 7.44. The summed E-state index contributed by atoms with van der Waals surface area (Å²) in [5.74, 6) is 3.20. The van der Waals surface area contributed by atoms with E-state index >= 15 is 0 Å². The molecule has 0 saturated carbocycles. The fraction of sp³-hybridized carbons (Fsp3) is 0.576. The van der Waals surface area contributed by atoms with Crippen molar-refractivity contribution in [2.24, 2.45) is 5.92 Å². The molecule has 0 aliphatic rings. The molecule has 2 aromatic rings. The highest BCUT2D eigenvalue weighted by atomic mass is 16.5. The Kier molecular flexibility index (Phi) is 12.7. The molecule has 2 radical (unpaired) electrons. The van der Waals surface area contributed by atoms with E-state index in [1.54, 1.807) is 14.2 Å². The topological polar surface area (TPSA) is 18.5 Å². The highest BCUT2D eigenvalue weighted by molar-refractivity contribution is 5.66. The molecule has 1 atom stereocenters. The molecule has 1 unspecified atom stereocenters. The fourth-order valence-electron chi connectivity index (χ4n) is 5.32. The van der Waals surface area contributed by atoms with Gasteiger partial charge in [0.05, 0.1) is 14.2 Å². The first kappa shape index (κ1) is 29.3. The van der Waals surface area contributed by atoms with Crippen LogP contribution in [0, 0.1) is 39.5 Å². The van der Waals surface area contributed by atoms with Crippen molar-refractivity contribution in [3.05, 3.63) is 70.5 Å². The van der Waals surface area contributed by atoms with E-state index in [4.69, 9.17) is 9.47 Å². The number of hydrogen-bond acceptors (Lipinski definition) is 2. The first-order valence-electron chi connectivity index (χ1n) is 13.9. The predicted octanol–water partition coefficient (Wildman–Crippen LogP) is 9.53. The molecule has 2 aromatic carbocycles. The van der Waals surface area contributed by atoms with Crippen molar-refractivity contribution < 1.29 is 9.47 Å². The van der Waals surface area contributed by atoms with E-state index in [0.29, 0.717) is 0 Å². The molecule has 0 amide bonds. The summed E-state index contributed by atoms with van der Waals surface area (Å²) >= 11 is 0. The Labute approximate surface area is 216 Å². The molecule has 0 fully saturated rings. The predicted molar refractivity (Wildman–Crippen MR) is 152 cm³/mol. The van der Waals surface area contributed by atoms with Gasteiger partial charge in [0, 0.05) is 11.5 Å². The van der Waals surface area contributed by atoms with E-state index in [0.717, 1.165) is 40.2 Å². The highest BCUT2D eigenvalue weighted by Gasteiger charge is 2.29. The smallest absolute Gasteiger partial charge is 0.126 e. The molecular formula is C33H50O2. The number of benzene rings is 2. The highest BCUT2D eigenvalue weighted by Crippen LogP contribution is 2.45. The maximum absolute atomic E-state index is 5.93. The lowest BCUT2D eigenvalue weighted by Gasteiger charge is -2.28. The van der Waals surface area contributed by atoms with Gasteiger partial charge in [0.1, 0.15) is 11.5 Å². The summed E-state index contributed by atoms with van der Waals surface area (Å²) < 4.78 is 11.7. The second kappa shape index (κ2) is 15.2. The molecule has 0 aromatic heterocycles. The average molecular weight is 479 g/mol. The average Bonchev–Trinajstić information content (AvgIpc) is 2.85. The first-order chi connectivity index (χ1) is 16.9. The molecule has 0 bridgehead atoms. The van der Waals surface area contributed by atoms with Gasteiger partial charge in [0.2, 0.25) is 0 Å². The number of unbranched alkanes of at least 4 members (excludes halogenated alkanes) is 9. The largest absolute Gasteiger partial charge is 0.496 e. The van der Waals surface area contributed by atoms with Crippen molar-refractivity contribution >= 4 is 0 Å². The van der Waals surface area contributed by atoms with Crippen molar-refractivity contribution in [3.8, 4) is 11.5 Å². The van der Waals surface area contributed by atoms with Crippen LogP contribution in [0.25, 0.3) is 0 Å². The van der Waals surface area contributed by atoms with Crippen LogP contribution in [0.5, 0.6) is 11.5 Å².